The van der Waals surface area contributed by atoms with Gasteiger partial charge < -0.3 is 25.2 Å². The molecule has 150 valence electrons. The molecule has 0 bridgehead atoms. The largest absolute Gasteiger partial charge is 0.497 e. The van der Waals surface area contributed by atoms with E-state index >= 15 is 0 Å². The van der Waals surface area contributed by atoms with Crippen molar-refractivity contribution in [2.45, 2.75) is 18.9 Å². The van der Waals surface area contributed by atoms with Gasteiger partial charge in [-0.3, -0.25) is 4.79 Å². The number of benzene rings is 2. The molecule has 0 saturated carbocycles. The molecule has 0 heterocycles. The van der Waals surface area contributed by atoms with Crippen LogP contribution in [0.2, 0.25) is 0 Å². The summed E-state index contributed by atoms with van der Waals surface area (Å²) >= 11 is 0. The minimum absolute atomic E-state index is 0.0443. The molecule has 0 aliphatic rings. The standard InChI is InChI=1S/C20H23FN2O5/c1-27-15-6-3-5-13(11-15)19(16-12-14(21)8-9-17(16)28-2)23-20(26)22-10-4-7-18(24)25/h3,5-6,8-9,11-12,19H,4,7,10H2,1-2H3,(H,24,25)(H2,22,23,26). The van der Waals surface area contributed by atoms with E-state index in [1.54, 1.807) is 24.3 Å². The maximum Gasteiger partial charge on any atom is 0.315 e. The Morgan fingerprint density at radius 3 is 2.61 bits per heavy atom. The molecule has 0 aliphatic carbocycles. The van der Waals surface area contributed by atoms with Crippen molar-refractivity contribution in [3.05, 3.63) is 59.4 Å². The summed E-state index contributed by atoms with van der Waals surface area (Å²) in [6.45, 7) is 0.198. The molecule has 8 heteroatoms. The first-order chi connectivity index (χ1) is 13.4. The van der Waals surface area contributed by atoms with Crippen LogP contribution >= 0.6 is 0 Å². The second kappa shape index (κ2) is 10.1. The van der Waals surface area contributed by atoms with Crippen LogP contribution in [0.5, 0.6) is 11.5 Å². The molecule has 0 fully saturated rings. The fraction of sp³-hybridized carbons (Fsp3) is 0.300. The minimum Gasteiger partial charge on any atom is -0.497 e. The van der Waals surface area contributed by atoms with Crippen molar-refractivity contribution in [3.63, 3.8) is 0 Å². The van der Waals surface area contributed by atoms with Crippen LogP contribution in [0.1, 0.15) is 30.0 Å². The third kappa shape index (κ3) is 5.87. The Hall–Kier alpha value is -3.29. The highest BCUT2D eigenvalue weighted by Gasteiger charge is 2.22. The van der Waals surface area contributed by atoms with Gasteiger partial charge in [0.25, 0.3) is 0 Å². The van der Waals surface area contributed by atoms with E-state index in [1.807, 2.05) is 0 Å². The number of carboxylic acid groups (broad SMARTS) is 1. The summed E-state index contributed by atoms with van der Waals surface area (Å²) in [4.78, 5) is 22.9. The predicted octanol–water partition coefficient (Wildman–Crippen LogP) is 3.10. The highest BCUT2D eigenvalue weighted by Crippen LogP contribution is 2.32. The van der Waals surface area contributed by atoms with Crippen LogP contribution in [-0.2, 0) is 4.79 Å². The predicted molar refractivity (Wildman–Crippen MR) is 101 cm³/mol. The number of ether oxygens (including phenoxy) is 2. The Morgan fingerprint density at radius 2 is 1.93 bits per heavy atom. The minimum atomic E-state index is -0.930. The van der Waals surface area contributed by atoms with Gasteiger partial charge in [-0.15, -0.1) is 0 Å². The van der Waals surface area contributed by atoms with E-state index in [0.29, 0.717) is 29.0 Å². The number of aliphatic carboxylic acids is 1. The molecule has 0 spiro atoms. The summed E-state index contributed by atoms with van der Waals surface area (Å²) in [5.74, 6) is -0.393. The lowest BCUT2D eigenvalue weighted by molar-refractivity contribution is -0.137. The topological polar surface area (TPSA) is 96.9 Å². The Kier molecular flexibility index (Phi) is 7.62. The summed E-state index contributed by atoms with van der Waals surface area (Å²) < 4.78 is 24.5. The number of urea groups is 1. The van der Waals surface area contributed by atoms with E-state index in [9.17, 15) is 14.0 Å². The summed E-state index contributed by atoms with van der Waals surface area (Å²) in [5.41, 5.74) is 1.11. The number of methoxy groups -OCH3 is 2. The number of halogens is 1. The molecule has 3 N–H and O–H groups in total. The van der Waals surface area contributed by atoms with Crippen LogP contribution in [0.4, 0.5) is 9.18 Å². The van der Waals surface area contributed by atoms with Gasteiger partial charge in [-0.1, -0.05) is 12.1 Å². The molecule has 7 nitrogen and oxygen atoms in total. The molecule has 1 atom stereocenters. The zero-order valence-corrected chi connectivity index (χ0v) is 15.7. The first kappa shape index (κ1) is 21.0. The van der Waals surface area contributed by atoms with Crippen molar-refractivity contribution < 1.29 is 28.6 Å². The van der Waals surface area contributed by atoms with Gasteiger partial charge in [0.15, 0.2) is 0 Å². The molecule has 1 unspecified atom stereocenters. The van der Waals surface area contributed by atoms with Gasteiger partial charge in [0, 0.05) is 18.5 Å². The first-order valence-corrected chi connectivity index (χ1v) is 8.68. The lowest BCUT2D eigenvalue weighted by Crippen LogP contribution is -2.39. The zero-order valence-electron chi connectivity index (χ0n) is 15.7. The van der Waals surface area contributed by atoms with E-state index in [0.717, 1.165) is 0 Å². The van der Waals surface area contributed by atoms with Crippen LogP contribution in [0.15, 0.2) is 42.5 Å². The normalized spacial score (nSPS) is 11.4. The van der Waals surface area contributed by atoms with Crippen molar-refractivity contribution >= 4 is 12.0 Å². The molecule has 2 aromatic carbocycles. The molecule has 0 aromatic heterocycles. The zero-order chi connectivity index (χ0) is 20.5. The molecular formula is C20H23FN2O5. The second-order valence-electron chi connectivity index (χ2n) is 5.99. The average molecular weight is 390 g/mol. The number of hydrogen-bond donors (Lipinski definition) is 3. The fourth-order valence-corrected chi connectivity index (χ4v) is 2.72. The Labute approximate surface area is 162 Å². The number of hydrogen-bond acceptors (Lipinski definition) is 4. The van der Waals surface area contributed by atoms with E-state index in [-0.39, 0.29) is 13.0 Å². The molecule has 0 saturated heterocycles. The maximum absolute atomic E-state index is 13.9. The van der Waals surface area contributed by atoms with Gasteiger partial charge in [-0.2, -0.15) is 0 Å². The Morgan fingerprint density at radius 1 is 1.14 bits per heavy atom. The summed E-state index contributed by atoms with van der Waals surface area (Å²) in [7, 11) is 2.99. The van der Waals surface area contributed by atoms with Gasteiger partial charge in [-0.05, 0) is 42.3 Å². The van der Waals surface area contributed by atoms with Crippen LogP contribution in [0.3, 0.4) is 0 Å². The summed E-state index contributed by atoms with van der Waals surface area (Å²) in [5, 5.41) is 14.1. The monoisotopic (exact) mass is 390 g/mol. The van der Waals surface area contributed by atoms with E-state index < -0.39 is 23.9 Å². The molecule has 0 radical (unpaired) electrons. The van der Waals surface area contributed by atoms with Crippen LogP contribution in [0, 0.1) is 5.82 Å². The summed E-state index contributed by atoms with van der Waals surface area (Å²) in [6.07, 6.45) is 0.257. The van der Waals surface area contributed by atoms with Gasteiger partial charge in [-0.25, -0.2) is 9.18 Å². The van der Waals surface area contributed by atoms with Crippen LogP contribution in [0.25, 0.3) is 0 Å². The average Bonchev–Trinajstić information content (AvgIpc) is 2.69. The Balaban J connectivity index is 2.28. The third-order valence-electron chi connectivity index (χ3n) is 4.06. The fourth-order valence-electron chi connectivity index (χ4n) is 2.72. The van der Waals surface area contributed by atoms with Gasteiger partial charge in [0.1, 0.15) is 17.3 Å². The molecular weight excluding hydrogens is 367 g/mol. The summed E-state index contributed by atoms with van der Waals surface area (Å²) in [6, 6.07) is 9.88. The second-order valence-corrected chi connectivity index (χ2v) is 5.99. The SMILES string of the molecule is COc1cccc(C(NC(=O)NCCCC(=O)O)c2cc(F)ccc2OC)c1. The molecule has 2 rings (SSSR count). The van der Waals surface area contributed by atoms with Gasteiger partial charge in [0.05, 0.1) is 20.3 Å². The van der Waals surface area contributed by atoms with Crippen LogP contribution < -0.4 is 20.1 Å². The lowest BCUT2D eigenvalue weighted by Gasteiger charge is -2.22. The highest BCUT2D eigenvalue weighted by molar-refractivity contribution is 5.75. The smallest absolute Gasteiger partial charge is 0.315 e. The van der Waals surface area contributed by atoms with Gasteiger partial charge in [0.2, 0.25) is 0 Å². The number of amides is 2. The first-order valence-electron chi connectivity index (χ1n) is 8.68. The molecule has 2 aromatic rings. The highest BCUT2D eigenvalue weighted by atomic mass is 19.1. The van der Waals surface area contributed by atoms with Crippen molar-refractivity contribution in [1.82, 2.24) is 10.6 Å². The van der Waals surface area contributed by atoms with Crippen LogP contribution in [-0.4, -0.2) is 37.9 Å². The number of carbonyl (C=O) groups excluding carboxylic acids is 1. The molecule has 28 heavy (non-hydrogen) atoms. The van der Waals surface area contributed by atoms with E-state index in [2.05, 4.69) is 10.6 Å². The third-order valence-corrected chi connectivity index (χ3v) is 4.06. The number of carbonyl (C=O) groups is 2. The molecule has 0 aliphatic heterocycles. The van der Waals surface area contributed by atoms with Crippen molar-refractivity contribution in [2.24, 2.45) is 0 Å². The van der Waals surface area contributed by atoms with Crippen molar-refractivity contribution in [1.29, 1.82) is 0 Å². The molecule has 2 amide bonds. The quantitative estimate of drug-likeness (QED) is 0.572. The number of rotatable bonds is 9. The van der Waals surface area contributed by atoms with Crippen molar-refractivity contribution in [3.8, 4) is 11.5 Å². The number of carboxylic acids is 1. The van der Waals surface area contributed by atoms with Gasteiger partial charge >= 0.3 is 12.0 Å². The lowest BCUT2D eigenvalue weighted by atomic mass is 9.97. The van der Waals surface area contributed by atoms with Crippen molar-refractivity contribution in [2.75, 3.05) is 20.8 Å². The van der Waals surface area contributed by atoms with E-state index in [1.165, 1.54) is 32.4 Å². The van der Waals surface area contributed by atoms with E-state index in [4.69, 9.17) is 14.6 Å². The Bertz CT molecular complexity index is 828. The maximum atomic E-state index is 13.9. The number of nitrogens with one attached hydrogen (secondary N) is 2.